The lowest BCUT2D eigenvalue weighted by atomic mass is 10.2. The number of rotatable bonds is 7. The third-order valence-corrected chi connectivity index (χ3v) is 2.99. The van der Waals surface area contributed by atoms with Crippen LogP contribution in [0.4, 0.5) is 4.39 Å². The van der Waals surface area contributed by atoms with Gasteiger partial charge < -0.3 is 15.4 Å². The van der Waals surface area contributed by atoms with Crippen molar-refractivity contribution < 1.29 is 9.13 Å². The van der Waals surface area contributed by atoms with E-state index >= 15 is 0 Å². The van der Waals surface area contributed by atoms with Crippen molar-refractivity contribution in [2.75, 3.05) is 26.2 Å². The van der Waals surface area contributed by atoms with Gasteiger partial charge in [0.15, 0.2) is 0 Å². The maximum absolute atomic E-state index is 13.6. The lowest BCUT2D eigenvalue weighted by Crippen LogP contribution is -2.28. The second-order valence-corrected chi connectivity index (χ2v) is 4.29. The molecule has 0 heterocycles. The van der Waals surface area contributed by atoms with Crippen LogP contribution in [0, 0.1) is 5.82 Å². The first-order valence-electron chi connectivity index (χ1n) is 6.03. The molecule has 0 aliphatic rings. The van der Waals surface area contributed by atoms with Gasteiger partial charge in [-0.25, -0.2) is 4.39 Å². The molecule has 3 nitrogen and oxygen atoms in total. The van der Waals surface area contributed by atoms with E-state index in [4.69, 9.17) is 22.7 Å². The number of ether oxygens (including phenoxy) is 1. The molecule has 0 saturated carbocycles. The molecule has 18 heavy (non-hydrogen) atoms. The highest BCUT2D eigenvalue weighted by Crippen LogP contribution is 2.21. The number of thiocarbonyl (C=S) groups is 1. The zero-order valence-electron chi connectivity index (χ0n) is 10.8. The van der Waals surface area contributed by atoms with Gasteiger partial charge >= 0.3 is 0 Å². The first kappa shape index (κ1) is 14.9. The Morgan fingerprint density at radius 2 is 2.06 bits per heavy atom. The van der Waals surface area contributed by atoms with Crippen molar-refractivity contribution in [2.24, 2.45) is 5.73 Å². The van der Waals surface area contributed by atoms with Crippen LogP contribution in [0.2, 0.25) is 0 Å². The maximum atomic E-state index is 13.6. The summed E-state index contributed by atoms with van der Waals surface area (Å²) in [4.78, 5) is 2.24. The maximum Gasteiger partial charge on any atom is 0.137 e. The topological polar surface area (TPSA) is 38.5 Å². The second kappa shape index (κ2) is 7.28. The molecular formula is C13H19FN2OS. The van der Waals surface area contributed by atoms with Gasteiger partial charge in [0.25, 0.3) is 0 Å². The zero-order valence-corrected chi connectivity index (χ0v) is 11.6. The first-order chi connectivity index (χ1) is 8.60. The number of nitrogens with zero attached hydrogens (tertiary/aromatic N) is 1. The van der Waals surface area contributed by atoms with Crippen LogP contribution in [0.3, 0.4) is 0 Å². The molecule has 0 spiro atoms. The minimum atomic E-state index is -0.442. The molecular weight excluding hydrogens is 251 g/mol. The lowest BCUT2D eigenvalue weighted by molar-refractivity contribution is 0.222. The monoisotopic (exact) mass is 270 g/mol. The number of nitrogens with two attached hydrogens (primary N) is 1. The van der Waals surface area contributed by atoms with Crippen LogP contribution in [0.5, 0.6) is 5.75 Å². The van der Waals surface area contributed by atoms with Gasteiger partial charge in [-0.15, -0.1) is 0 Å². The highest BCUT2D eigenvalue weighted by molar-refractivity contribution is 7.80. The van der Waals surface area contributed by atoms with Gasteiger partial charge in [-0.1, -0.05) is 32.1 Å². The SMILES string of the molecule is CCN(CC)CCOc1cccc(F)c1C(N)=S. The standard InChI is InChI=1S/C13H19FN2OS/c1-3-16(4-2)8-9-17-11-7-5-6-10(14)12(11)13(15)18/h5-7H,3-4,8-9H2,1-2H3,(H2,15,18). The van der Waals surface area contributed by atoms with E-state index in [9.17, 15) is 4.39 Å². The number of benzene rings is 1. The Morgan fingerprint density at radius 3 is 2.61 bits per heavy atom. The number of hydrogen-bond donors (Lipinski definition) is 1. The average Bonchev–Trinajstić information content (AvgIpc) is 2.34. The molecule has 100 valence electrons. The van der Waals surface area contributed by atoms with Gasteiger partial charge in [-0.05, 0) is 25.2 Å². The number of hydrogen-bond acceptors (Lipinski definition) is 3. The molecule has 0 atom stereocenters. The summed E-state index contributed by atoms with van der Waals surface area (Å²) in [6, 6.07) is 4.59. The van der Waals surface area contributed by atoms with Crippen molar-refractivity contribution in [1.29, 1.82) is 0 Å². The van der Waals surface area contributed by atoms with Crippen LogP contribution in [0.25, 0.3) is 0 Å². The van der Waals surface area contributed by atoms with E-state index in [1.165, 1.54) is 6.07 Å². The molecule has 1 aromatic carbocycles. The Morgan fingerprint density at radius 1 is 1.39 bits per heavy atom. The van der Waals surface area contributed by atoms with Crippen LogP contribution in [0.1, 0.15) is 19.4 Å². The Balaban J connectivity index is 2.67. The van der Waals surface area contributed by atoms with Gasteiger partial charge in [0, 0.05) is 6.54 Å². The predicted octanol–water partition coefficient (Wildman–Crippen LogP) is 2.18. The molecule has 0 aliphatic carbocycles. The van der Waals surface area contributed by atoms with Crippen LogP contribution >= 0.6 is 12.2 Å². The molecule has 0 radical (unpaired) electrons. The second-order valence-electron chi connectivity index (χ2n) is 3.85. The molecule has 0 unspecified atom stereocenters. The Labute approximate surface area is 113 Å². The predicted molar refractivity (Wildman–Crippen MR) is 75.6 cm³/mol. The quantitative estimate of drug-likeness (QED) is 0.771. The van der Waals surface area contributed by atoms with E-state index in [1.807, 2.05) is 0 Å². The molecule has 1 aromatic rings. The zero-order chi connectivity index (χ0) is 13.5. The molecule has 0 saturated heterocycles. The summed E-state index contributed by atoms with van der Waals surface area (Å²) in [5.41, 5.74) is 5.69. The van der Waals surface area contributed by atoms with E-state index in [0.717, 1.165) is 19.6 Å². The van der Waals surface area contributed by atoms with Gasteiger partial charge in [-0.3, -0.25) is 0 Å². The summed E-state index contributed by atoms with van der Waals surface area (Å²) >= 11 is 4.83. The van der Waals surface area contributed by atoms with Crippen LogP contribution < -0.4 is 10.5 Å². The number of likely N-dealkylation sites (N-methyl/N-ethyl adjacent to an activating group) is 1. The van der Waals surface area contributed by atoms with E-state index < -0.39 is 5.82 Å². The summed E-state index contributed by atoms with van der Waals surface area (Å²) in [7, 11) is 0. The van der Waals surface area contributed by atoms with Gasteiger partial charge in [0.1, 0.15) is 23.2 Å². The molecule has 0 fully saturated rings. The Bertz CT molecular complexity index is 408. The van der Waals surface area contributed by atoms with E-state index in [1.54, 1.807) is 12.1 Å². The van der Waals surface area contributed by atoms with E-state index in [0.29, 0.717) is 12.4 Å². The molecule has 0 bridgehead atoms. The van der Waals surface area contributed by atoms with Gasteiger partial charge in [0.2, 0.25) is 0 Å². The summed E-state index contributed by atoms with van der Waals surface area (Å²) in [6.45, 7) is 7.38. The Kier molecular flexibility index (Phi) is 6.01. The van der Waals surface area contributed by atoms with Gasteiger partial charge in [-0.2, -0.15) is 0 Å². The largest absolute Gasteiger partial charge is 0.491 e. The third-order valence-electron chi connectivity index (χ3n) is 2.78. The molecule has 0 aromatic heterocycles. The summed E-state index contributed by atoms with van der Waals surface area (Å²) in [5, 5.41) is 0. The van der Waals surface area contributed by atoms with E-state index in [2.05, 4.69) is 18.7 Å². The highest BCUT2D eigenvalue weighted by atomic mass is 32.1. The average molecular weight is 270 g/mol. The summed E-state index contributed by atoms with van der Waals surface area (Å²) in [6.07, 6.45) is 0. The van der Waals surface area contributed by atoms with Crippen molar-refractivity contribution >= 4 is 17.2 Å². The van der Waals surface area contributed by atoms with Crippen LogP contribution in [-0.2, 0) is 0 Å². The lowest BCUT2D eigenvalue weighted by Gasteiger charge is -2.18. The molecule has 0 aliphatic heterocycles. The normalized spacial score (nSPS) is 10.7. The fourth-order valence-electron chi connectivity index (χ4n) is 1.69. The highest BCUT2D eigenvalue weighted by Gasteiger charge is 2.12. The molecule has 1 rings (SSSR count). The van der Waals surface area contributed by atoms with Crippen LogP contribution in [-0.4, -0.2) is 36.1 Å². The minimum Gasteiger partial charge on any atom is -0.491 e. The van der Waals surface area contributed by atoms with E-state index in [-0.39, 0.29) is 10.6 Å². The molecule has 5 heteroatoms. The van der Waals surface area contributed by atoms with Gasteiger partial charge in [0.05, 0.1) is 5.56 Å². The molecule has 0 amide bonds. The smallest absolute Gasteiger partial charge is 0.137 e. The van der Waals surface area contributed by atoms with Crippen molar-refractivity contribution in [2.45, 2.75) is 13.8 Å². The van der Waals surface area contributed by atoms with Crippen molar-refractivity contribution in [3.05, 3.63) is 29.6 Å². The Hall–Kier alpha value is -1.20. The van der Waals surface area contributed by atoms with Crippen LogP contribution in [0.15, 0.2) is 18.2 Å². The van der Waals surface area contributed by atoms with Crippen molar-refractivity contribution in [1.82, 2.24) is 4.90 Å². The summed E-state index contributed by atoms with van der Waals surface area (Å²) in [5.74, 6) is -0.0301. The van der Waals surface area contributed by atoms with Crippen molar-refractivity contribution in [3.8, 4) is 5.75 Å². The fraction of sp³-hybridized carbons (Fsp3) is 0.462. The third kappa shape index (κ3) is 3.92. The number of halogens is 1. The minimum absolute atomic E-state index is 0.0194. The fourth-order valence-corrected chi connectivity index (χ4v) is 1.89. The summed E-state index contributed by atoms with van der Waals surface area (Å²) < 4.78 is 19.1. The first-order valence-corrected chi connectivity index (χ1v) is 6.44. The molecule has 2 N–H and O–H groups in total. The van der Waals surface area contributed by atoms with Crippen molar-refractivity contribution in [3.63, 3.8) is 0 Å².